The fraction of sp³-hybridized carbons (Fsp3) is 0.667. The second kappa shape index (κ2) is 2.04. The van der Waals surface area contributed by atoms with Crippen molar-refractivity contribution in [2.75, 3.05) is 0 Å². The second-order valence-corrected chi connectivity index (χ2v) is 2.54. The van der Waals surface area contributed by atoms with Gasteiger partial charge in [-0.25, -0.2) is 9.07 Å². The van der Waals surface area contributed by atoms with Crippen LogP contribution in [0.5, 0.6) is 0 Å². The summed E-state index contributed by atoms with van der Waals surface area (Å²) < 4.78 is 14.2. The van der Waals surface area contributed by atoms with Crippen LogP contribution in [0.1, 0.15) is 18.9 Å². The van der Waals surface area contributed by atoms with Crippen molar-refractivity contribution in [1.29, 1.82) is 0 Å². The molecule has 1 heterocycles. The molecule has 1 aliphatic carbocycles. The Balaban J connectivity index is 2.14. The first kappa shape index (κ1) is 5.82. The van der Waals surface area contributed by atoms with E-state index in [2.05, 4.69) is 10.3 Å². The molecule has 3 nitrogen and oxygen atoms in total. The molecule has 0 radical (unpaired) electrons. The molecule has 2 atom stereocenters. The maximum Gasteiger partial charge on any atom is 0.123 e. The van der Waals surface area contributed by atoms with Gasteiger partial charge >= 0.3 is 0 Å². The van der Waals surface area contributed by atoms with Gasteiger partial charge in [0.05, 0.1) is 12.2 Å². The summed E-state index contributed by atoms with van der Waals surface area (Å²) in [5, 5.41) is 7.32. The Bertz CT molecular complexity index is 209. The quantitative estimate of drug-likeness (QED) is 0.583. The van der Waals surface area contributed by atoms with Gasteiger partial charge in [-0.3, -0.25) is 0 Å². The molecule has 0 N–H and O–H groups in total. The highest BCUT2D eigenvalue weighted by molar-refractivity contribution is 4.86. The van der Waals surface area contributed by atoms with Crippen molar-refractivity contribution < 1.29 is 4.39 Å². The minimum absolute atomic E-state index is 0.0394. The summed E-state index contributed by atoms with van der Waals surface area (Å²) in [6, 6.07) is -0.0394. The molecule has 0 bridgehead atoms. The number of aromatic nitrogens is 3. The van der Waals surface area contributed by atoms with E-state index in [1.54, 1.807) is 17.1 Å². The smallest absolute Gasteiger partial charge is 0.123 e. The number of hydrogen-bond acceptors (Lipinski definition) is 2. The average Bonchev–Trinajstić information content (AvgIpc) is 2.37. The SMILES string of the molecule is F[C@@H]1CC[C@H]1n1ccnn1. The molecule has 0 aliphatic heterocycles. The third-order valence-corrected chi connectivity index (χ3v) is 1.94. The van der Waals surface area contributed by atoms with Crippen LogP contribution in [-0.2, 0) is 0 Å². The first-order valence-corrected chi connectivity index (χ1v) is 3.38. The summed E-state index contributed by atoms with van der Waals surface area (Å²) in [6.07, 6.45) is 4.14. The van der Waals surface area contributed by atoms with E-state index in [0.29, 0.717) is 6.42 Å². The van der Waals surface area contributed by atoms with Crippen LogP contribution in [-0.4, -0.2) is 21.2 Å². The third kappa shape index (κ3) is 0.716. The topological polar surface area (TPSA) is 30.7 Å². The monoisotopic (exact) mass is 141 g/mol. The highest BCUT2D eigenvalue weighted by Gasteiger charge is 2.32. The molecule has 1 fully saturated rings. The minimum Gasteiger partial charge on any atom is -0.247 e. The third-order valence-electron chi connectivity index (χ3n) is 1.94. The standard InChI is InChI=1S/C6H8FN3/c7-5-1-2-6(5)10-4-3-8-9-10/h3-6H,1-2H2/t5-,6-/m1/s1. The van der Waals surface area contributed by atoms with E-state index in [9.17, 15) is 4.39 Å². The molecule has 2 rings (SSSR count). The summed E-state index contributed by atoms with van der Waals surface area (Å²) >= 11 is 0. The molecule has 0 amide bonds. The van der Waals surface area contributed by atoms with Gasteiger partial charge in [0.1, 0.15) is 6.17 Å². The van der Waals surface area contributed by atoms with Gasteiger partial charge in [0.25, 0.3) is 0 Å². The molecule has 1 aromatic rings. The summed E-state index contributed by atoms with van der Waals surface area (Å²) in [7, 11) is 0. The molecular formula is C6H8FN3. The Morgan fingerprint density at radius 1 is 1.50 bits per heavy atom. The van der Waals surface area contributed by atoms with E-state index in [1.807, 2.05) is 0 Å². The molecule has 1 saturated carbocycles. The predicted molar refractivity (Wildman–Crippen MR) is 33.2 cm³/mol. The largest absolute Gasteiger partial charge is 0.247 e. The van der Waals surface area contributed by atoms with Crippen molar-refractivity contribution in [2.24, 2.45) is 0 Å². The van der Waals surface area contributed by atoms with Gasteiger partial charge in [-0.2, -0.15) is 0 Å². The maximum absolute atomic E-state index is 12.7. The van der Waals surface area contributed by atoms with E-state index in [0.717, 1.165) is 6.42 Å². The fourth-order valence-corrected chi connectivity index (χ4v) is 1.13. The van der Waals surface area contributed by atoms with Crippen LogP contribution in [0, 0.1) is 0 Å². The molecule has 1 aliphatic rings. The maximum atomic E-state index is 12.7. The zero-order chi connectivity index (χ0) is 6.97. The molecule has 1 aromatic heterocycles. The van der Waals surface area contributed by atoms with Crippen molar-refractivity contribution in [2.45, 2.75) is 25.1 Å². The lowest BCUT2D eigenvalue weighted by Crippen LogP contribution is -2.30. The van der Waals surface area contributed by atoms with Gasteiger partial charge in [0, 0.05) is 6.20 Å². The molecule has 0 spiro atoms. The first-order chi connectivity index (χ1) is 4.88. The van der Waals surface area contributed by atoms with Crippen LogP contribution in [0.4, 0.5) is 4.39 Å². The Morgan fingerprint density at radius 2 is 2.40 bits per heavy atom. The number of alkyl halides is 1. The molecule has 0 unspecified atom stereocenters. The Hall–Kier alpha value is -0.930. The second-order valence-electron chi connectivity index (χ2n) is 2.54. The normalized spacial score (nSPS) is 31.7. The lowest BCUT2D eigenvalue weighted by Gasteiger charge is -2.29. The lowest BCUT2D eigenvalue weighted by molar-refractivity contribution is 0.108. The van der Waals surface area contributed by atoms with E-state index in [1.165, 1.54) is 0 Å². The number of rotatable bonds is 1. The van der Waals surface area contributed by atoms with Crippen LogP contribution < -0.4 is 0 Å². The molecule has 0 saturated heterocycles. The number of nitrogens with zero attached hydrogens (tertiary/aromatic N) is 3. The van der Waals surface area contributed by atoms with Crippen LogP contribution in [0.25, 0.3) is 0 Å². The molecule has 4 heteroatoms. The van der Waals surface area contributed by atoms with Crippen molar-refractivity contribution in [3.05, 3.63) is 12.4 Å². The molecule has 0 aromatic carbocycles. The summed E-state index contributed by atoms with van der Waals surface area (Å²) in [6.45, 7) is 0. The van der Waals surface area contributed by atoms with Crippen molar-refractivity contribution in [3.8, 4) is 0 Å². The van der Waals surface area contributed by atoms with Crippen LogP contribution in [0.2, 0.25) is 0 Å². The summed E-state index contributed by atoms with van der Waals surface area (Å²) in [5.74, 6) is 0. The van der Waals surface area contributed by atoms with Crippen molar-refractivity contribution in [3.63, 3.8) is 0 Å². The van der Waals surface area contributed by atoms with Gasteiger partial charge in [-0.05, 0) is 12.8 Å². The summed E-state index contributed by atoms with van der Waals surface area (Å²) in [4.78, 5) is 0. The van der Waals surface area contributed by atoms with E-state index in [4.69, 9.17) is 0 Å². The Labute approximate surface area is 57.8 Å². The van der Waals surface area contributed by atoms with Crippen molar-refractivity contribution >= 4 is 0 Å². The first-order valence-electron chi connectivity index (χ1n) is 3.38. The number of hydrogen-bond donors (Lipinski definition) is 0. The zero-order valence-corrected chi connectivity index (χ0v) is 5.44. The van der Waals surface area contributed by atoms with Gasteiger partial charge < -0.3 is 0 Å². The van der Waals surface area contributed by atoms with Gasteiger partial charge in [-0.1, -0.05) is 5.21 Å². The molecular weight excluding hydrogens is 133 g/mol. The van der Waals surface area contributed by atoms with Gasteiger partial charge in [-0.15, -0.1) is 5.10 Å². The van der Waals surface area contributed by atoms with Crippen molar-refractivity contribution in [1.82, 2.24) is 15.0 Å². The van der Waals surface area contributed by atoms with E-state index >= 15 is 0 Å². The highest BCUT2D eigenvalue weighted by atomic mass is 19.1. The minimum atomic E-state index is -0.707. The van der Waals surface area contributed by atoms with Crippen LogP contribution in [0.15, 0.2) is 12.4 Å². The Morgan fingerprint density at radius 3 is 2.80 bits per heavy atom. The molecule has 54 valence electrons. The summed E-state index contributed by atoms with van der Waals surface area (Å²) in [5.41, 5.74) is 0. The van der Waals surface area contributed by atoms with Gasteiger partial charge in [0.2, 0.25) is 0 Å². The van der Waals surface area contributed by atoms with Gasteiger partial charge in [0.15, 0.2) is 0 Å². The fourth-order valence-electron chi connectivity index (χ4n) is 1.13. The zero-order valence-electron chi connectivity index (χ0n) is 5.44. The molecule has 10 heavy (non-hydrogen) atoms. The average molecular weight is 141 g/mol. The van der Waals surface area contributed by atoms with E-state index < -0.39 is 6.17 Å². The highest BCUT2D eigenvalue weighted by Crippen LogP contribution is 2.33. The van der Waals surface area contributed by atoms with Crippen LogP contribution in [0.3, 0.4) is 0 Å². The predicted octanol–water partition coefficient (Wildman–Crippen LogP) is 0.951. The lowest BCUT2D eigenvalue weighted by atomic mass is 9.91. The number of halogens is 1. The van der Waals surface area contributed by atoms with Crippen LogP contribution >= 0.6 is 0 Å². The Kier molecular flexibility index (Phi) is 1.19. The van der Waals surface area contributed by atoms with E-state index in [-0.39, 0.29) is 6.04 Å².